The number of carbonyl (C=O) groups is 2. The number of hydrogen-bond donors (Lipinski definition) is 2. The number of ether oxygens (including phenoxy) is 1. The largest absolute Gasteiger partial charge is 0.495 e. The van der Waals surface area contributed by atoms with Gasteiger partial charge in [0.25, 0.3) is 11.5 Å². The standard InChI is InChI=1S/C28H34ClN5O4/c1-18-13-19(2)17-33(16-18)12-6-11-30-25(35)15-31-27(36)26-21-7-4-5-8-22(21)28(37)34(32-26)20-9-10-24(38-3)23(29)14-20/h4-5,7-10,14,18-19H,6,11-13,15-17H2,1-3H3,(H,30,35)(H,31,36)/t18-,19+. The molecule has 0 unspecified atom stereocenters. The Morgan fingerprint density at radius 1 is 1.08 bits per heavy atom. The first kappa shape index (κ1) is 27.6. The van der Waals surface area contributed by atoms with Gasteiger partial charge in [-0.2, -0.15) is 9.78 Å². The maximum atomic E-state index is 13.2. The fourth-order valence-electron chi connectivity index (χ4n) is 5.13. The number of methoxy groups -OCH3 is 1. The first-order valence-corrected chi connectivity index (χ1v) is 13.3. The van der Waals surface area contributed by atoms with Crippen LogP contribution in [0.25, 0.3) is 16.5 Å². The zero-order valence-electron chi connectivity index (χ0n) is 22.0. The number of likely N-dealkylation sites (tertiary alicyclic amines) is 1. The second kappa shape index (κ2) is 12.4. The van der Waals surface area contributed by atoms with Gasteiger partial charge < -0.3 is 20.3 Å². The molecule has 10 heteroatoms. The lowest BCUT2D eigenvalue weighted by Gasteiger charge is -2.34. The Morgan fingerprint density at radius 3 is 2.47 bits per heavy atom. The van der Waals surface area contributed by atoms with Crippen LogP contribution in [0.5, 0.6) is 5.75 Å². The van der Waals surface area contributed by atoms with Gasteiger partial charge in [-0.3, -0.25) is 14.4 Å². The summed E-state index contributed by atoms with van der Waals surface area (Å²) in [5.41, 5.74) is 0.0257. The van der Waals surface area contributed by atoms with Crippen molar-refractivity contribution in [2.45, 2.75) is 26.7 Å². The van der Waals surface area contributed by atoms with Crippen molar-refractivity contribution in [1.29, 1.82) is 0 Å². The zero-order chi connectivity index (χ0) is 27.2. The van der Waals surface area contributed by atoms with E-state index in [0.29, 0.717) is 45.6 Å². The van der Waals surface area contributed by atoms with Crippen LogP contribution in [0.3, 0.4) is 0 Å². The van der Waals surface area contributed by atoms with Crippen molar-refractivity contribution < 1.29 is 14.3 Å². The predicted molar refractivity (Wildman–Crippen MR) is 148 cm³/mol. The molecule has 1 fully saturated rings. The lowest BCUT2D eigenvalue weighted by molar-refractivity contribution is -0.120. The SMILES string of the molecule is COc1ccc(-n2nc(C(=O)NCC(=O)NCCCN3C[C@H](C)C[C@H](C)C3)c3ccccc3c2=O)cc1Cl. The van der Waals surface area contributed by atoms with E-state index in [9.17, 15) is 14.4 Å². The molecular weight excluding hydrogens is 506 g/mol. The maximum Gasteiger partial charge on any atom is 0.279 e. The molecule has 2 heterocycles. The highest BCUT2D eigenvalue weighted by molar-refractivity contribution is 6.32. The van der Waals surface area contributed by atoms with Gasteiger partial charge in [0.2, 0.25) is 5.91 Å². The molecule has 0 spiro atoms. The Hall–Kier alpha value is -3.43. The van der Waals surface area contributed by atoms with Crippen molar-refractivity contribution in [2.24, 2.45) is 11.8 Å². The average molecular weight is 540 g/mol. The Labute approximate surface area is 227 Å². The topological polar surface area (TPSA) is 106 Å². The molecule has 1 aromatic heterocycles. The van der Waals surface area contributed by atoms with Crippen LogP contribution in [0, 0.1) is 11.8 Å². The van der Waals surface area contributed by atoms with Crippen LogP contribution in [0.2, 0.25) is 5.02 Å². The smallest absolute Gasteiger partial charge is 0.279 e. The first-order chi connectivity index (χ1) is 18.3. The normalized spacial score (nSPS) is 17.8. The number of hydrogen-bond acceptors (Lipinski definition) is 6. The third-order valence-corrected chi connectivity index (χ3v) is 7.02. The third-order valence-electron chi connectivity index (χ3n) is 6.73. The minimum atomic E-state index is -0.555. The molecule has 38 heavy (non-hydrogen) atoms. The number of benzene rings is 2. The lowest BCUT2D eigenvalue weighted by Crippen LogP contribution is -2.41. The highest BCUT2D eigenvalue weighted by Crippen LogP contribution is 2.26. The summed E-state index contributed by atoms with van der Waals surface area (Å²) in [5.74, 6) is 1.01. The molecule has 2 atom stereocenters. The lowest BCUT2D eigenvalue weighted by atomic mass is 9.92. The molecule has 202 valence electrons. The Balaban J connectivity index is 1.41. The summed E-state index contributed by atoms with van der Waals surface area (Å²) in [7, 11) is 1.50. The summed E-state index contributed by atoms with van der Waals surface area (Å²) in [6, 6.07) is 11.5. The van der Waals surface area contributed by atoms with E-state index in [0.717, 1.165) is 30.7 Å². The molecule has 0 aliphatic carbocycles. The van der Waals surface area contributed by atoms with Gasteiger partial charge in [-0.05, 0) is 55.5 Å². The van der Waals surface area contributed by atoms with Crippen LogP contribution in [-0.2, 0) is 4.79 Å². The Bertz CT molecular complexity index is 1370. The number of fused-ring (bicyclic) bond motifs is 1. The molecule has 0 radical (unpaired) electrons. The Morgan fingerprint density at radius 2 is 1.79 bits per heavy atom. The fourth-order valence-corrected chi connectivity index (χ4v) is 5.38. The molecule has 1 aliphatic rings. The number of rotatable bonds is 9. The second-order valence-electron chi connectivity index (χ2n) is 10.0. The number of nitrogens with one attached hydrogen (secondary N) is 2. The minimum Gasteiger partial charge on any atom is -0.495 e. The van der Waals surface area contributed by atoms with Gasteiger partial charge in [-0.1, -0.05) is 43.6 Å². The monoisotopic (exact) mass is 539 g/mol. The van der Waals surface area contributed by atoms with Crippen LogP contribution >= 0.6 is 11.6 Å². The number of aromatic nitrogens is 2. The number of nitrogens with zero attached hydrogens (tertiary/aromatic N) is 3. The molecule has 0 bridgehead atoms. The summed E-state index contributed by atoms with van der Waals surface area (Å²) in [6.45, 7) is 8.04. The van der Waals surface area contributed by atoms with Gasteiger partial charge in [0.05, 0.1) is 29.8 Å². The minimum absolute atomic E-state index is 0.0354. The highest BCUT2D eigenvalue weighted by Gasteiger charge is 2.21. The predicted octanol–water partition coefficient (Wildman–Crippen LogP) is 3.26. The van der Waals surface area contributed by atoms with Gasteiger partial charge in [-0.15, -0.1) is 0 Å². The van der Waals surface area contributed by atoms with E-state index in [1.54, 1.807) is 42.5 Å². The van der Waals surface area contributed by atoms with Crippen LogP contribution in [0.4, 0.5) is 0 Å². The quantitative estimate of drug-likeness (QED) is 0.404. The second-order valence-corrected chi connectivity index (χ2v) is 10.4. The summed E-state index contributed by atoms with van der Waals surface area (Å²) in [4.78, 5) is 41.1. The van der Waals surface area contributed by atoms with Gasteiger partial charge in [-0.25, -0.2) is 0 Å². The van der Waals surface area contributed by atoms with Crippen molar-refractivity contribution in [3.63, 3.8) is 0 Å². The van der Waals surface area contributed by atoms with Gasteiger partial charge in [0.15, 0.2) is 5.69 Å². The molecule has 2 amide bonds. The molecule has 9 nitrogen and oxygen atoms in total. The van der Waals surface area contributed by atoms with Crippen molar-refractivity contribution in [3.8, 4) is 11.4 Å². The summed E-state index contributed by atoms with van der Waals surface area (Å²) in [5, 5.41) is 10.9. The van der Waals surface area contributed by atoms with Crippen LogP contribution in [-0.4, -0.2) is 66.3 Å². The number of piperidine rings is 1. The fraction of sp³-hybridized carbons (Fsp3) is 0.429. The molecule has 1 aliphatic heterocycles. The molecule has 2 aromatic carbocycles. The summed E-state index contributed by atoms with van der Waals surface area (Å²) >= 11 is 6.25. The van der Waals surface area contributed by atoms with E-state index in [-0.39, 0.29) is 18.1 Å². The molecule has 2 N–H and O–H groups in total. The average Bonchev–Trinajstić information content (AvgIpc) is 2.89. The van der Waals surface area contributed by atoms with E-state index in [2.05, 4.69) is 34.5 Å². The molecular formula is C28H34ClN5O4. The number of amides is 2. The third kappa shape index (κ3) is 6.52. The molecule has 4 rings (SSSR count). The van der Waals surface area contributed by atoms with Crippen LogP contribution in [0.1, 0.15) is 37.2 Å². The van der Waals surface area contributed by atoms with Crippen molar-refractivity contribution in [3.05, 3.63) is 63.5 Å². The summed E-state index contributed by atoms with van der Waals surface area (Å²) in [6.07, 6.45) is 2.11. The zero-order valence-corrected chi connectivity index (χ0v) is 22.8. The number of carbonyl (C=O) groups excluding carboxylic acids is 2. The van der Waals surface area contributed by atoms with Crippen molar-refractivity contribution in [2.75, 3.05) is 39.8 Å². The summed E-state index contributed by atoms with van der Waals surface area (Å²) < 4.78 is 6.31. The maximum absolute atomic E-state index is 13.2. The van der Waals surface area contributed by atoms with Crippen LogP contribution < -0.4 is 20.9 Å². The molecule has 1 saturated heterocycles. The number of halogens is 1. The van der Waals surface area contributed by atoms with E-state index in [4.69, 9.17) is 16.3 Å². The van der Waals surface area contributed by atoms with Gasteiger partial charge in [0, 0.05) is 25.0 Å². The van der Waals surface area contributed by atoms with Gasteiger partial charge in [0.1, 0.15) is 5.75 Å². The molecule has 0 saturated carbocycles. The van der Waals surface area contributed by atoms with Crippen LogP contribution in [0.15, 0.2) is 47.3 Å². The highest BCUT2D eigenvalue weighted by atomic mass is 35.5. The molecule has 3 aromatic rings. The van der Waals surface area contributed by atoms with Crippen molar-refractivity contribution in [1.82, 2.24) is 25.3 Å². The van der Waals surface area contributed by atoms with Crippen molar-refractivity contribution >= 4 is 34.2 Å². The van der Waals surface area contributed by atoms with E-state index in [1.165, 1.54) is 13.5 Å². The van der Waals surface area contributed by atoms with E-state index >= 15 is 0 Å². The van der Waals surface area contributed by atoms with E-state index in [1.807, 2.05) is 0 Å². The Kier molecular flexibility index (Phi) is 9.01. The van der Waals surface area contributed by atoms with Gasteiger partial charge >= 0.3 is 0 Å². The first-order valence-electron chi connectivity index (χ1n) is 12.9. The van der Waals surface area contributed by atoms with E-state index < -0.39 is 11.5 Å².